The Hall–Kier alpha value is -1.94. The van der Waals surface area contributed by atoms with E-state index in [1.807, 2.05) is 0 Å². The maximum Gasteiger partial charge on any atom is 0.472 e. The van der Waals surface area contributed by atoms with E-state index in [4.69, 9.17) is 37.0 Å². The zero-order chi connectivity index (χ0) is 68.0. The van der Waals surface area contributed by atoms with Crippen molar-refractivity contribution in [3.63, 3.8) is 0 Å². The molecule has 0 saturated carbocycles. The van der Waals surface area contributed by atoms with Gasteiger partial charge in [0, 0.05) is 25.7 Å². The summed E-state index contributed by atoms with van der Waals surface area (Å²) in [6.45, 7) is 11.8. The van der Waals surface area contributed by atoms with Gasteiger partial charge in [-0.2, -0.15) is 0 Å². The number of phosphoric acid groups is 2. The van der Waals surface area contributed by atoms with Gasteiger partial charge < -0.3 is 33.8 Å². The van der Waals surface area contributed by atoms with Crippen LogP contribution in [0.5, 0.6) is 0 Å². The van der Waals surface area contributed by atoms with E-state index in [9.17, 15) is 43.2 Å². The monoisotopic (exact) mass is 1350 g/mol. The standard InChI is InChI=1S/C73H142O17P2/c1-8-9-10-37-47-54-70(75)83-60-68(89-72(77)56-50-43-36-30-24-18-17-21-27-33-40-46-53-66(6)7)62-87-91(79,80)85-58-67(74)59-86-92(81,82)88-63-69(90-73(78)57-49-42-35-29-23-16-12-14-20-26-32-39-45-52-65(4)5)61-84-71(76)55-48-41-34-28-22-15-11-13-19-25-31-38-44-51-64(2)3/h64-69,74H,8-63H2,1-7H3,(H,79,80)(H,81,82)/t67-,68+,69+/m0/s1. The van der Waals surface area contributed by atoms with Crippen LogP contribution in [0.15, 0.2) is 0 Å². The van der Waals surface area contributed by atoms with E-state index < -0.39 is 97.5 Å². The van der Waals surface area contributed by atoms with Crippen LogP contribution < -0.4 is 0 Å². The highest BCUT2D eigenvalue weighted by Gasteiger charge is 2.30. The lowest BCUT2D eigenvalue weighted by atomic mass is 10.0. The van der Waals surface area contributed by atoms with Gasteiger partial charge in [0.25, 0.3) is 0 Å². The van der Waals surface area contributed by atoms with E-state index in [-0.39, 0.29) is 25.7 Å². The van der Waals surface area contributed by atoms with E-state index in [1.165, 1.54) is 173 Å². The number of esters is 4. The average Bonchev–Trinajstić information content (AvgIpc) is 3.24. The molecular weight excluding hydrogens is 1210 g/mol. The van der Waals surface area contributed by atoms with Crippen LogP contribution in [0, 0.1) is 17.8 Å². The van der Waals surface area contributed by atoms with Gasteiger partial charge in [0.2, 0.25) is 0 Å². The number of unbranched alkanes of at least 4 members (excludes halogenated alkanes) is 39. The average molecular weight is 1350 g/mol. The predicted octanol–water partition coefficient (Wildman–Crippen LogP) is 21.0. The minimum atomic E-state index is -4.95. The fourth-order valence-corrected chi connectivity index (χ4v) is 12.7. The fourth-order valence-electron chi connectivity index (χ4n) is 11.1. The van der Waals surface area contributed by atoms with E-state index in [0.717, 1.165) is 114 Å². The number of carbonyl (C=O) groups is 4. The normalized spacial score (nSPS) is 14.1. The van der Waals surface area contributed by atoms with E-state index in [2.05, 4.69) is 48.5 Å². The zero-order valence-corrected chi connectivity index (χ0v) is 61.8. The molecule has 0 saturated heterocycles. The summed E-state index contributed by atoms with van der Waals surface area (Å²) in [6, 6.07) is 0. The number of rotatable bonds is 71. The van der Waals surface area contributed by atoms with Crippen molar-refractivity contribution in [2.75, 3.05) is 39.6 Å². The highest BCUT2D eigenvalue weighted by Crippen LogP contribution is 2.45. The molecule has 0 aromatic heterocycles. The van der Waals surface area contributed by atoms with Crippen molar-refractivity contribution in [3.05, 3.63) is 0 Å². The smallest absolute Gasteiger partial charge is 0.462 e. The summed E-state index contributed by atoms with van der Waals surface area (Å²) < 4.78 is 68.2. The second-order valence-electron chi connectivity index (χ2n) is 27.8. The second kappa shape index (κ2) is 63.8. The maximum absolute atomic E-state index is 13.0. The summed E-state index contributed by atoms with van der Waals surface area (Å²) in [4.78, 5) is 72.4. The number of ether oxygens (including phenoxy) is 4. The third-order valence-corrected chi connectivity index (χ3v) is 18.8. The lowest BCUT2D eigenvalue weighted by molar-refractivity contribution is -0.161. The van der Waals surface area contributed by atoms with Crippen molar-refractivity contribution in [1.29, 1.82) is 0 Å². The van der Waals surface area contributed by atoms with Crippen LogP contribution in [-0.4, -0.2) is 96.7 Å². The van der Waals surface area contributed by atoms with Gasteiger partial charge in [0.1, 0.15) is 19.3 Å². The van der Waals surface area contributed by atoms with Crippen molar-refractivity contribution in [1.82, 2.24) is 0 Å². The molecule has 0 spiro atoms. The topological polar surface area (TPSA) is 237 Å². The number of carbonyl (C=O) groups excluding carboxylic acids is 4. The van der Waals surface area contributed by atoms with E-state index in [0.29, 0.717) is 25.7 Å². The molecule has 2 unspecified atom stereocenters. The summed E-state index contributed by atoms with van der Waals surface area (Å²) in [7, 11) is -9.90. The van der Waals surface area contributed by atoms with Crippen LogP contribution in [0.4, 0.5) is 0 Å². The number of aliphatic hydroxyl groups excluding tert-OH is 1. The van der Waals surface area contributed by atoms with Gasteiger partial charge >= 0.3 is 39.5 Å². The summed E-state index contributed by atoms with van der Waals surface area (Å²) in [5, 5.41) is 10.6. The van der Waals surface area contributed by atoms with Crippen LogP contribution in [0.2, 0.25) is 0 Å². The molecule has 0 radical (unpaired) electrons. The predicted molar refractivity (Wildman–Crippen MR) is 372 cm³/mol. The molecule has 0 rings (SSSR count). The van der Waals surface area contributed by atoms with Crippen LogP contribution in [0.25, 0.3) is 0 Å². The quantitative estimate of drug-likeness (QED) is 0.0222. The van der Waals surface area contributed by atoms with Crippen molar-refractivity contribution < 1.29 is 80.2 Å². The van der Waals surface area contributed by atoms with Crippen LogP contribution in [-0.2, 0) is 65.4 Å². The van der Waals surface area contributed by atoms with E-state index >= 15 is 0 Å². The van der Waals surface area contributed by atoms with Gasteiger partial charge in [-0.3, -0.25) is 37.3 Å². The number of aliphatic hydroxyl groups is 1. The fraction of sp³-hybridized carbons (Fsp3) is 0.945. The zero-order valence-electron chi connectivity index (χ0n) is 60.0. The van der Waals surface area contributed by atoms with Gasteiger partial charge in [-0.25, -0.2) is 9.13 Å². The Morgan fingerprint density at radius 2 is 0.500 bits per heavy atom. The Morgan fingerprint density at radius 3 is 0.739 bits per heavy atom. The van der Waals surface area contributed by atoms with Gasteiger partial charge in [-0.1, -0.05) is 318 Å². The third-order valence-electron chi connectivity index (χ3n) is 16.9. The lowest BCUT2D eigenvalue weighted by Crippen LogP contribution is -2.30. The summed E-state index contributed by atoms with van der Waals surface area (Å²) in [5.41, 5.74) is 0. The van der Waals surface area contributed by atoms with Gasteiger partial charge in [-0.15, -0.1) is 0 Å². The van der Waals surface area contributed by atoms with Crippen molar-refractivity contribution in [3.8, 4) is 0 Å². The first-order valence-electron chi connectivity index (χ1n) is 37.8. The Morgan fingerprint density at radius 1 is 0.293 bits per heavy atom. The van der Waals surface area contributed by atoms with Gasteiger partial charge in [0.05, 0.1) is 26.4 Å². The van der Waals surface area contributed by atoms with Crippen LogP contribution >= 0.6 is 15.6 Å². The molecule has 546 valence electrons. The van der Waals surface area contributed by atoms with Gasteiger partial charge in [-0.05, 0) is 43.4 Å². The molecule has 19 heteroatoms. The molecule has 3 N–H and O–H groups in total. The van der Waals surface area contributed by atoms with Crippen molar-refractivity contribution >= 4 is 39.5 Å². The Labute approximate surface area is 562 Å². The third kappa shape index (κ3) is 66.7. The lowest BCUT2D eigenvalue weighted by Gasteiger charge is -2.21. The van der Waals surface area contributed by atoms with E-state index in [1.54, 1.807) is 0 Å². The Bertz CT molecular complexity index is 1800. The highest BCUT2D eigenvalue weighted by atomic mass is 31.2. The summed E-state index contributed by atoms with van der Waals surface area (Å²) >= 11 is 0. The van der Waals surface area contributed by atoms with Crippen molar-refractivity contribution in [2.24, 2.45) is 17.8 Å². The molecule has 0 heterocycles. The molecule has 0 aliphatic heterocycles. The second-order valence-corrected chi connectivity index (χ2v) is 30.7. The number of hydrogen-bond donors (Lipinski definition) is 3. The first-order chi connectivity index (χ1) is 44.2. The van der Waals surface area contributed by atoms with Crippen LogP contribution in [0.3, 0.4) is 0 Å². The summed E-state index contributed by atoms with van der Waals surface area (Å²) in [5.74, 6) is 0.223. The summed E-state index contributed by atoms with van der Waals surface area (Å²) in [6.07, 6.45) is 48.9. The molecule has 0 aromatic rings. The molecule has 0 aromatic carbocycles. The minimum absolute atomic E-state index is 0.106. The van der Waals surface area contributed by atoms with Crippen LogP contribution in [0.1, 0.15) is 370 Å². The molecule has 0 amide bonds. The molecule has 0 fully saturated rings. The molecule has 92 heavy (non-hydrogen) atoms. The highest BCUT2D eigenvalue weighted by molar-refractivity contribution is 7.47. The molecule has 0 aliphatic carbocycles. The van der Waals surface area contributed by atoms with Crippen molar-refractivity contribution in [2.45, 2.75) is 388 Å². The molecule has 17 nitrogen and oxygen atoms in total. The van der Waals surface area contributed by atoms with Gasteiger partial charge in [0.15, 0.2) is 12.2 Å². The SMILES string of the molecule is CCCCCCCC(=O)OC[C@H](COP(=O)(O)OC[C@H](O)COP(=O)(O)OC[C@@H](COC(=O)CCCCCCCCCCCCCCCC(C)C)OC(=O)CCCCCCCCCCCCCCCC(C)C)OC(=O)CCCCCCCCCCCCCCC(C)C. The Balaban J connectivity index is 5.15. The maximum atomic E-state index is 13.0. The molecule has 5 atom stereocenters. The molecule has 0 bridgehead atoms. The number of phosphoric ester groups is 2. The minimum Gasteiger partial charge on any atom is -0.462 e. The molecular formula is C73H142O17P2. The first kappa shape index (κ1) is 90.1. The number of hydrogen-bond acceptors (Lipinski definition) is 15. The molecule has 0 aliphatic rings. The largest absolute Gasteiger partial charge is 0.472 e. The Kier molecular flexibility index (Phi) is 62.4. The first-order valence-corrected chi connectivity index (χ1v) is 40.8.